The molecule has 0 unspecified atom stereocenters. The number of carbonyl (C=O) groups is 1. The van der Waals surface area contributed by atoms with Crippen molar-refractivity contribution in [2.24, 2.45) is 0 Å². The molecule has 0 spiro atoms. The zero-order valence-corrected chi connectivity index (χ0v) is 10.6. The largest absolute Gasteiger partial charge is 0.494 e. The van der Waals surface area contributed by atoms with E-state index < -0.39 is 0 Å². The summed E-state index contributed by atoms with van der Waals surface area (Å²) in [6.07, 6.45) is 1.45. The second-order valence-electron chi connectivity index (χ2n) is 3.89. The summed E-state index contributed by atoms with van der Waals surface area (Å²) in [5.41, 5.74) is 7.02. The minimum absolute atomic E-state index is 0.284. The van der Waals surface area contributed by atoms with Gasteiger partial charge in [0.2, 0.25) is 0 Å². The SMILES string of the molecule is CCOc1cccc(NC(=O)c2ccc(N)cn2)c1. The van der Waals surface area contributed by atoms with Crippen LogP contribution in [0.15, 0.2) is 42.6 Å². The molecule has 5 nitrogen and oxygen atoms in total. The second kappa shape index (κ2) is 5.86. The van der Waals surface area contributed by atoms with E-state index in [1.54, 1.807) is 24.3 Å². The van der Waals surface area contributed by atoms with Gasteiger partial charge in [0.05, 0.1) is 18.5 Å². The predicted octanol–water partition coefficient (Wildman–Crippen LogP) is 2.31. The number of anilines is 2. The molecule has 1 aromatic heterocycles. The monoisotopic (exact) mass is 257 g/mol. The molecule has 1 amide bonds. The highest BCUT2D eigenvalue weighted by molar-refractivity contribution is 6.03. The number of carbonyl (C=O) groups excluding carboxylic acids is 1. The van der Waals surface area contributed by atoms with E-state index in [0.29, 0.717) is 29.4 Å². The first-order valence-corrected chi connectivity index (χ1v) is 5.95. The van der Waals surface area contributed by atoms with Gasteiger partial charge in [-0.1, -0.05) is 6.07 Å². The van der Waals surface area contributed by atoms with Gasteiger partial charge in [0.1, 0.15) is 11.4 Å². The molecule has 0 aliphatic heterocycles. The number of pyridine rings is 1. The van der Waals surface area contributed by atoms with E-state index in [1.165, 1.54) is 6.20 Å². The third-order valence-electron chi connectivity index (χ3n) is 2.42. The lowest BCUT2D eigenvalue weighted by Crippen LogP contribution is -2.13. The quantitative estimate of drug-likeness (QED) is 0.881. The van der Waals surface area contributed by atoms with Gasteiger partial charge in [0, 0.05) is 11.8 Å². The summed E-state index contributed by atoms with van der Waals surface area (Å²) in [4.78, 5) is 15.9. The molecule has 2 rings (SSSR count). The zero-order chi connectivity index (χ0) is 13.7. The van der Waals surface area contributed by atoms with Crippen molar-refractivity contribution in [1.29, 1.82) is 0 Å². The summed E-state index contributed by atoms with van der Waals surface area (Å²) in [5, 5.41) is 2.75. The Balaban J connectivity index is 2.10. The Bertz CT molecular complexity index is 567. The number of nitrogens with one attached hydrogen (secondary N) is 1. The zero-order valence-electron chi connectivity index (χ0n) is 10.6. The molecule has 0 aliphatic carbocycles. The summed E-state index contributed by atoms with van der Waals surface area (Å²) in [6.45, 7) is 2.49. The molecule has 3 N–H and O–H groups in total. The maximum absolute atomic E-state index is 11.9. The summed E-state index contributed by atoms with van der Waals surface area (Å²) in [5.74, 6) is 0.430. The van der Waals surface area contributed by atoms with Crippen LogP contribution in [-0.2, 0) is 0 Å². The fourth-order valence-electron chi connectivity index (χ4n) is 1.57. The fraction of sp³-hybridized carbons (Fsp3) is 0.143. The predicted molar refractivity (Wildman–Crippen MR) is 74.2 cm³/mol. The Hall–Kier alpha value is -2.56. The number of nitrogen functional groups attached to an aromatic ring is 1. The molecule has 2 aromatic rings. The highest BCUT2D eigenvalue weighted by atomic mass is 16.5. The number of hydrogen-bond donors (Lipinski definition) is 2. The normalized spacial score (nSPS) is 9.95. The van der Waals surface area contributed by atoms with Crippen molar-refractivity contribution in [3.63, 3.8) is 0 Å². The highest BCUT2D eigenvalue weighted by Gasteiger charge is 2.07. The number of nitrogens with two attached hydrogens (primary N) is 1. The molecule has 98 valence electrons. The molecular formula is C14H15N3O2. The third-order valence-corrected chi connectivity index (χ3v) is 2.42. The van der Waals surface area contributed by atoms with Crippen LogP contribution in [0.2, 0.25) is 0 Å². The van der Waals surface area contributed by atoms with Gasteiger partial charge in [0.25, 0.3) is 5.91 Å². The Kier molecular flexibility index (Phi) is 3.97. The van der Waals surface area contributed by atoms with Crippen LogP contribution in [0.25, 0.3) is 0 Å². The van der Waals surface area contributed by atoms with Crippen molar-refractivity contribution in [2.75, 3.05) is 17.7 Å². The smallest absolute Gasteiger partial charge is 0.274 e. The number of nitrogens with zero attached hydrogens (tertiary/aromatic N) is 1. The maximum Gasteiger partial charge on any atom is 0.274 e. The molecule has 5 heteroatoms. The molecule has 0 fully saturated rings. The Labute approximate surface area is 111 Å². The summed E-state index contributed by atoms with van der Waals surface area (Å²) >= 11 is 0. The molecule has 0 atom stereocenters. The van der Waals surface area contributed by atoms with E-state index in [1.807, 2.05) is 19.1 Å². The first-order valence-electron chi connectivity index (χ1n) is 5.95. The van der Waals surface area contributed by atoms with Crippen molar-refractivity contribution < 1.29 is 9.53 Å². The third kappa shape index (κ3) is 3.45. The van der Waals surface area contributed by atoms with E-state index in [9.17, 15) is 4.79 Å². The lowest BCUT2D eigenvalue weighted by atomic mass is 10.2. The molecule has 1 aromatic carbocycles. The van der Waals surface area contributed by atoms with Gasteiger partial charge in [-0.15, -0.1) is 0 Å². The topological polar surface area (TPSA) is 77.2 Å². The number of benzene rings is 1. The maximum atomic E-state index is 11.9. The fourth-order valence-corrected chi connectivity index (χ4v) is 1.57. The Morgan fingerprint density at radius 3 is 2.89 bits per heavy atom. The minimum Gasteiger partial charge on any atom is -0.494 e. The minimum atomic E-state index is -0.284. The van der Waals surface area contributed by atoms with Gasteiger partial charge in [-0.25, -0.2) is 4.98 Å². The first-order chi connectivity index (χ1) is 9.19. The number of rotatable bonds is 4. The standard InChI is InChI=1S/C14H15N3O2/c1-2-19-12-5-3-4-11(8-12)17-14(18)13-7-6-10(15)9-16-13/h3-9H,2,15H2,1H3,(H,17,18). The molecule has 1 heterocycles. The van der Waals surface area contributed by atoms with Crippen molar-refractivity contribution in [2.45, 2.75) is 6.92 Å². The lowest BCUT2D eigenvalue weighted by molar-refractivity contribution is 0.102. The molecule has 0 aliphatic rings. The van der Waals surface area contributed by atoms with Crippen LogP contribution in [0.1, 0.15) is 17.4 Å². The molecule has 0 saturated heterocycles. The van der Waals surface area contributed by atoms with Crippen LogP contribution in [0.5, 0.6) is 5.75 Å². The van der Waals surface area contributed by atoms with Crippen molar-refractivity contribution in [3.05, 3.63) is 48.3 Å². The van der Waals surface area contributed by atoms with E-state index in [-0.39, 0.29) is 5.91 Å². The Morgan fingerprint density at radius 2 is 2.21 bits per heavy atom. The van der Waals surface area contributed by atoms with E-state index >= 15 is 0 Å². The summed E-state index contributed by atoms with van der Waals surface area (Å²) in [7, 11) is 0. The van der Waals surface area contributed by atoms with Crippen LogP contribution in [-0.4, -0.2) is 17.5 Å². The van der Waals surface area contributed by atoms with E-state index in [4.69, 9.17) is 10.5 Å². The summed E-state index contributed by atoms with van der Waals surface area (Å²) < 4.78 is 5.37. The van der Waals surface area contributed by atoms with Crippen LogP contribution >= 0.6 is 0 Å². The summed E-state index contributed by atoms with van der Waals surface area (Å²) in [6, 6.07) is 10.4. The van der Waals surface area contributed by atoms with Crippen molar-refractivity contribution >= 4 is 17.3 Å². The van der Waals surface area contributed by atoms with Crippen molar-refractivity contribution in [1.82, 2.24) is 4.98 Å². The van der Waals surface area contributed by atoms with Gasteiger partial charge in [-0.05, 0) is 31.2 Å². The van der Waals surface area contributed by atoms with E-state index in [0.717, 1.165) is 0 Å². The van der Waals surface area contributed by atoms with Gasteiger partial charge in [-0.2, -0.15) is 0 Å². The van der Waals surface area contributed by atoms with Gasteiger partial charge in [0.15, 0.2) is 0 Å². The molecule has 0 bridgehead atoms. The van der Waals surface area contributed by atoms with Gasteiger partial charge >= 0.3 is 0 Å². The molecule has 0 radical (unpaired) electrons. The number of amides is 1. The van der Waals surface area contributed by atoms with Crippen molar-refractivity contribution in [3.8, 4) is 5.75 Å². The van der Waals surface area contributed by atoms with Gasteiger partial charge < -0.3 is 15.8 Å². The van der Waals surface area contributed by atoms with Crippen LogP contribution in [0.4, 0.5) is 11.4 Å². The van der Waals surface area contributed by atoms with Crippen LogP contribution < -0.4 is 15.8 Å². The number of ether oxygens (including phenoxy) is 1. The molecule has 19 heavy (non-hydrogen) atoms. The molecule has 0 saturated carbocycles. The molecular weight excluding hydrogens is 242 g/mol. The second-order valence-corrected chi connectivity index (χ2v) is 3.89. The van der Waals surface area contributed by atoms with Crippen LogP contribution in [0.3, 0.4) is 0 Å². The number of aromatic nitrogens is 1. The number of hydrogen-bond acceptors (Lipinski definition) is 4. The average molecular weight is 257 g/mol. The Morgan fingerprint density at radius 1 is 1.37 bits per heavy atom. The average Bonchev–Trinajstić information content (AvgIpc) is 2.40. The van der Waals surface area contributed by atoms with Crippen LogP contribution in [0, 0.1) is 0 Å². The first kappa shape index (κ1) is 12.9. The highest BCUT2D eigenvalue weighted by Crippen LogP contribution is 2.17. The van der Waals surface area contributed by atoms with Gasteiger partial charge in [-0.3, -0.25) is 4.79 Å². The van der Waals surface area contributed by atoms with E-state index in [2.05, 4.69) is 10.3 Å². The lowest BCUT2D eigenvalue weighted by Gasteiger charge is -2.07.